The Morgan fingerprint density at radius 1 is 1.20 bits per heavy atom. The van der Waals surface area contributed by atoms with E-state index in [9.17, 15) is 9.59 Å². The molecule has 25 heavy (non-hydrogen) atoms. The first kappa shape index (κ1) is 16.6. The zero-order chi connectivity index (χ0) is 17.8. The quantitative estimate of drug-likeness (QED) is 0.836. The lowest BCUT2D eigenvalue weighted by atomic mass is 10.1. The van der Waals surface area contributed by atoms with Crippen molar-refractivity contribution < 1.29 is 28.9 Å². The van der Waals surface area contributed by atoms with E-state index < -0.39 is 5.97 Å². The number of carbonyl (C=O) groups excluding carboxylic acids is 1. The van der Waals surface area contributed by atoms with Crippen LogP contribution in [-0.4, -0.2) is 30.4 Å². The molecule has 1 amide bonds. The summed E-state index contributed by atoms with van der Waals surface area (Å²) in [4.78, 5) is 23.2. The van der Waals surface area contributed by atoms with Crippen LogP contribution in [0.15, 0.2) is 42.5 Å². The molecule has 0 saturated carbocycles. The van der Waals surface area contributed by atoms with E-state index in [2.05, 4.69) is 5.32 Å². The van der Waals surface area contributed by atoms with Gasteiger partial charge < -0.3 is 24.6 Å². The smallest absolute Gasteiger partial charge is 0.339 e. The van der Waals surface area contributed by atoms with Gasteiger partial charge in [-0.25, -0.2) is 4.79 Å². The van der Waals surface area contributed by atoms with Crippen LogP contribution in [0.5, 0.6) is 17.2 Å². The molecule has 0 bridgehead atoms. The van der Waals surface area contributed by atoms with E-state index in [1.54, 1.807) is 18.2 Å². The lowest BCUT2D eigenvalue weighted by Crippen LogP contribution is -2.31. The van der Waals surface area contributed by atoms with Gasteiger partial charge in [0.05, 0.1) is 6.04 Å². The fourth-order valence-corrected chi connectivity index (χ4v) is 2.46. The summed E-state index contributed by atoms with van der Waals surface area (Å²) < 4.78 is 15.9. The standard InChI is InChI=1S/C18H17NO6/c1-11(12-6-7-15-16(8-12)25-10-24-15)19-17(20)9-23-14-5-3-2-4-13(14)18(21)22/h2-8,11H,9-10H2,1H3,(H,19,20)(H,21,22). The maximum atomic E-state index is 12.1. The molecule has 1 aliphatic heterocycles. The van der Waals surface area contributed by atoms with Gasteiger partial charge in [-0.2, -0.15) is 0 Å². The molecule has 2 aromatic rings. The molecule has 0 spiro atoms. The Bertz CT molecular complexity index is 804. The second kappa shape index (κ2) is 7.12. The SMILES string of the molecule is CC(NC(=O)COc1ccccc1C(=O)O)c1ccc2c(c1)OCO2. The van der Waals surface area contributed by atoms with Gasteiger partial charge in [-0.15, -0.1) is 0 Å². The number of aromatic carboxylic acids is 1. The van der Waals surface area contributed by atoms with Crippen LogP contribution in [0.25, 0.3) is 0 Å². The number of hydrogen-bond acceptors (Lipinski definition) is 5. The molecule has 1 atom stereocenters. The molecular formula is C18H17NO6. The van der Waals surface area contributed by atoms with E-state index in [4.69, 9.17) is 19.3 Å². The van der Waals surface area contributed by atoms with Crippen LogP contribution in [0, 0.1) is 0 Å². The van der Waals surface area contributed by atoms with Crippen LogP contribution >= 0.6 is 0 Å². The molecule has 0 aromatic heterocycles. The normalized spacial score (nSPS) is 13.2. The summed E-state index contributed by atoms with van der Waals surface area (Å²) in [5, 5.41) is 11.9. The maximum absolute atomic E-state index is 12.1. The Morgan fingerprint density at radius 2 is 1.96 bits per heavy atom. The van der Waals surface area contributed by atoms with E-state index in [0.29, 0.717) is 11.5 Å². The summed E-state index contributed by atoms with van der Waals surface area (Å²) in [7, 11) is 0. The monoisotopic (exact) mass is 343 g/mol. The summed E-state index contributed by atoms with van der Waals surface area (Å²) in [6.45, 7) is 1.75. The molecule has 0 fully saturated rings. The van der Waals surface area contributed by atoms with Crippen LogP contribution < -0.4 is 19.5 Å². The van der Waals surface area contributed by atoms with Crippen LogP contribution in [0.1, 0.15) is 28.9 Å². The highest BCUT2D eigenvalue weighted by molar-refractivity contribution is 5.91. The Labute approximate surface area is 144 Å². The molecule has 3 rings (SSSR count). The molecule has 1 unspecified atom stereocenters. The molecular weight excluding hydrogens is 326 g/mol. The van der Waals surface area contributed by atoms with Crippen molar-refractivity contribution in [1.82, 2.24) is 5.32 Å². The van der Waals surface area contributed by atoms with Crippen molar-refractivity contribution in [1.29, 1.82) is 0 Å². The molecule has 1 heterocycles. The summed E-state index contributed by atoms with van der Waals surface area (Å²) >= 11 is 0. The Balaban J connectivity index is 1.58. The molecule has 0 aliphatic carbocycles. The number of hydrogen-bond donors (Lipinski definition) is 2. The van der Waals surface area contributed by atoms with Crippen LogP contribution in [0.3, 0.4) is 0 Å². The fraction of sp³-hybridized carbons (Fsp3) is 0.222. The molecule has 2 aromatic carbocycles. The number of benzene rings is 2. The predicted molar refractivity (Wildman–Crippen MR) is 88.0 cm³/mol. The minimum absolute atomic E-state index is 0.0131. The summed E-state index contributed by atoms with van der Waals surface area (Å²) in [6, 6.07) is 11.4. The molecule has 0 radical (unpaired) electrons. The van der Waals surface area contributed by atoms with Gasteiger partial charge in [0.25, 0.3) is 5.91 Å². The van der Waals surface area contributed by atoms with Crippen molar-refractivity contribution >= 4 is 11.9 Å². The van der Waals surface area contributed by atoms with Crippen LogP contribution in [0.4, 0.5) is 0 Å². The average Bonchev–Trinajstić information content (AvgIpc) is 3.07. The number of amides is 1. The van der Waals surface area contributed by atoms with E-state index in [-0.39, 0.29) is 36.7 Å². The maximum Gasteiger partial charge on any atom is 0.339 e. The fourth-order valence-electron chi connectivity index (χ4n) is 2.46. The highest BCUT2D eigenvalue weighted by atomic mass is 16.7. The minimum atomic E-state index is -1.11. The van der Waals surface area contributed by atoms with Gasteiger partial charge in [0.2, 0.25) is 6.79 Å². The summed E-state index contributed by atoms with van der Waals surface area (Å²) in [5.74, 6) is 0.0112. The molecule has 2 N–H and O–H groups in total. The topological polar surface area (TPSA) is 94.1 Å². The van der Waals surface area contributed by atoms with Crippen molar-refractivity contribution in [2.24, 2.45) is 0 Å². The van der Waals surface area contributed by atoms with Crippen molar-refractivity contribution in [2.75, 3.05) is 13.4 Å². The Kier molecular flexibility index (Phi) is 4.74. The van der Waals surface area contributed by atoms with Gasteiger partial charge >= 0.3 is 5.97 Å². The van der Waals surface area contributed by atoms with E-state index in [1.807, 2.05) is 19.1 Å². The number of carboxylic acids is 1. The molecule has 7 nitrogen and oxygen atoms in total. The van der Waals surface area contributed by atoms with Gasteiger partial charge in [-0.1, -0.05) is 18.2 Å². The zero-order valence-electron chi connectivity index (χ0n) is 13.5. The Hall–Kier alpha value is -3.22. The summed E-state index contributed by atoms with van der Waals surface area (Å²) in [5.41, 5.74) is 0.877. The average molecular weight is 343 g/mol. The van der Waals surface area contributed by atoms with E-state index in [0.717, 1.165) is 5.56 Å². The van der Waals surface area contributed by atoms with Gasteiger partial charge in [0.1, 0.15) is 11.3 Å². The number of carboxylic acid groups (broad SMARTS) is 1. The zero-order valence-corrected chi connectivity index (χ0v) is 13.5. The molecule has 0 saturated heterocycles. The third-order valence-electron chi connectivity index (χ3n) is 3.75. The van der Waals surface area contributed by atoms with Crippen molar-refractivity contribution in [3.8, 4) is 17.2 Å². The van der Waals surface area contributed by atoms with Crippen LogP contribution in [-0.2, 0) is 4.79 Å². The van der Waals surface area contributed by atoms with E-state index in [1.165, 1.54) is 12.1 Å². The Morgan fingerprint density at radius 3 is 2.76 bits per heavy atom. The first-order chi connectivity index (χ1) is 12.0. The third kappa shape index (κ3) is 3.82. The lowest BCUT2D eigenvalue weighted by Gasteiger charge is -2.15. The van der Waals surface area contributed by atoms with Crippen molar-refractivity contribution in [3.05, 3.63) is 53.6 Å². The molecule has 7 heteroatoms. The van der Waals surface area contributed by atoms with E-state index >= 15 is 0 Å². The summed E-state index contributed by atoms with van der Waals surface area (Å²) in [6.07, 6.45) is 0. The highest BCUT2D eigenvalue weighted by Gasteiger charge is 2.17. The number of nitrogens with one attached hydrogen (secondary N) is 1. The highest BCUT2D eigenvalue weighted by Crippen LogP contribution is 2.34. The number of ether oxygens (including phenoxy) is 3. The van der Waals surface area contributed by atoms with Crippen molar-refractivity contribution in [2.45, 2.75) is 13.0 Å². The number of fused-ring (bicyclic) bond motifs is 1. The first-order valence-corrected chi connectivity index (χ1v) is 7.68. The number of rotatable bonds is 6. The minimum Gasteiger partial charge on any atom is -0.483 e. The van der Waals surface area contributed by atoms with Crippen molar-refractivity contribution in [3.63, 3.8) is 0 Å². The first-order valence-electron chi connectivity index (χ1n) is 7.68. The lowest BCUT2D eigenvalue weighted by molar-refractivity contribution is -0.123. The number of carbonyl (C=O) groups is 2. The molecule has 1 aliphatic rings. The second-order valence-corrected chi connectivity index (χ2v) is 5.49. The number of para-hydroxylation sites is 1. The second-order valence-electron chi connectivity index (χ2n) is 5.49. The van der Waals surface area contributed by atoms with Gasteiger partial charge in [0, 0.05) is 0 Å². The van der Waals surface area contributed by atoms with Gasteiger partial charge in [-0.05, 0) is 36.8 Å². The largest absolute Gasteiger partial charge is 0.483 e. The van der Waals surface area contributed by atoms with Gasteiger partial charge in [0.15, 0.2) is 18.1 Å². The van der Waals surface area contributed by atoms with Gasteiger partial charge in [-0.3, -0.25) is 4.79 Å². The molecule has 130 valence electrons. The van der Waals surface area contributed by atoms with Crippen LogP contribution in [0.2, 0.25) is 0 Å². The predicted octanol–water partition coefficient (Wildman–Crippen LogP) is 2.37. The third-order valence-corrected chi connectivity index (χ3v) is 3.75.